The topological polar surface area (TPSA) is 112 Å². The van der Waals surface area contributed by atoms with Gasteiger partial charge in [0.1, 0.15) is 21.7 Å². The van der Waals surface area contributed by atoms with Crippen molar-refractivity contribution in [1.29, 1.82) is 0 Å². The molecule has 0 radical (unpaired) electrons. The monoisotopic (exact) mass is 856 g/mol. The number of carbonyl (C=O) groups is 2. The van der Waals surface area contributed by atoms with Crippen LogP contribution in [-0.2, 0) is 0 Å². The highest BCUT2D eigenvalue weighted by molar-refractivity contribution is 7.21. The number of aromatic nitrogens is 3. The predicted octanol–water partition coefficient (Wildman–Crippen LogP) is 12.8. The average molecular weight is 857 g/mol. The molecular weight excluding hydrogens is 817 g/mol. The van der Waals surface area contributed by atoms with E-state index in [-0.39, 0.29) is 11.8 Å². The van der Waals surface area contributed by atoms with E-state index in [1.54, 1.807) is 22.7 Å². The molecule has 0 aliphatic carbocycles. The van der Waals surface area contributed by atoms with Crippen molar-refractivity contribution in [3.8, 4) is 21.7 Å². The Bertz CT molecular complexity index is 3330. The maximum atomic E-state index is 14.3. The second-order valence-electron chi connectivity index (χ2n) is 15.5. The zero-order chi connectivity index (χ0) is 43.2. The minimum Gasteiger partial charge on any atom is -0.341 e. The summed E-state index contributed by atoms with van der Waals surface area (Å²) in [5.74, 6) is 0.396. The van der Waals surface area contributed by atoms with Crippen molar-refractivity contribution >= 4 is 83.8 Å². The molecule has 306 valence electrons. The van der Waals surface area contributed by atoms with Crippen molar-refractivity contribution in [2.75, 3.05) is 5.32 Å². The Balaban J connectivity index is 1.26. The van der Waals surface area contributed by atoms with E-state index in [9.17, 15) is 9.59 Å². The van der Waals surface area contributed by atoms with Crippen LogP contribution in [0.25, 0.3) is 59.4 Å². The van der Waals surface area contributed by atoms with Crippen molar-refractivity contribution in [3.05, 3.63) is 201 Å². The zero-order valence-electron chi connectivity index (χ0n) is 34.9. The summed E-state index contributed by atoms with van der Waals surface area (Å²) in [6, 6.07) is 47.7. The quantitative estimate of drug-likeness (QED) is 0.141. The van der Waals surface area contributed by atoms with Crippen molar-refractivity contribution in [2.45, 2.75) is 27.7 Å². The van der Waals surface area contributed by atoms with Crippen LogP contribution in [0.5, 0.6) is 0 Å². The molecule has 2 amide bonds. The Morgan fingerprint density at radius 2 is 1.02 bits per heavy atom. The molecule has 0 saturated heterocycles. The molecule has 0 unspecified atom stereocenters. The van der Waals surface area contributed by atoms with Gasteiger partial charge < -0.3 is 15.6 Å². The van der Waals surface area contributed by atoms with E-state index in [0.717, 1.165) is 86.1 Å². The fraction of sp³-hybridized carbons (Fsp3) is 0.0755. The minimum atomic E-state index is -0.268. The summed E-state index contributed by atoms with van der Waals surface area (Å²) >= 11 is 3.13. The van der Waals surface area contributed by atoms with Gasteiger partial charge in [0.25, 0.3) is 11.8 Å². The summed E-state index contributed by atoms with van der Waals surface area (Å²) < 4.78 is 2.05. The van der Waals surface area contributed by atoms with Gasteiger partial charge in [0.15, 0.2) is 0 Å². The lowest BCUT2D eigenvalue weighted by atomic mass is 9.93. The molecule has 10 heteroatoms. The number of rotatable bonds is 8. The maximum Gasteiger partial charge on any atom is 0.257 e. The summed E-state index contributed by atoms with van der Waals surface area (Å²) in [6.07, 6.45) is 2.03. The molecule has 9 aromatic rings. The number of amides is 2. The van der Waals surface area contributed by atoms with Gasteiger partial charge in [0.2, 0.25) is 0 Å². The van der Waals surface area contributed by atoms with E-state index in [2.05, 4.69) is 65.9 Å². The van der Waals surface area contributed by atoms with E-state index >= 15 is 0 Å². The first-order valence-electron chi connectivity index (χ1n) is 20.6. The maximum absolute atomic E-state index is 14.3. The van der Waals surface area contributed by atoms with Crippen molar-refractivity contribution < 1.29 is 9.59 Å². The summed E-state index contributed by atoms with van der Waals surface area (Å²) in [5, 5.41) is 7.99. The van der Waals surface area contributed by atoms with Gasteiger partial charge in [-0.15, -0.1) is 22.7 Å². The third kappa shape index (κ3) is 7.39. The highest BCUT2D eigenvalue weighted by Gasteiger charge is 2.33. The van der Waals surface area contributed by atoms with Gasteiger partial charge >= 0.3 is 0 Å². The number of hydrogen-bond acceptors (Lipinski definition) is 7. The molecule has 4 heterocycles. The fourth-order valence-electron chi connectivity index (χ4n) is 8.18. The normalized spacial score (nSPS) is 13.3. The van der Waals surface area contributed by atoms with E-state index in [1.165, 1.54) is 0 Å². The number of anilines is 1. The largest absolute Gasteiger partial charge is 0.341 e. The molecule has 0 atom stereocenters. The third-order valence-corrected chi connectivity index (χ3v) is 13.5. The van der Waals surface area contributed by atoms with E-state index in [1.807, 2.05) is 129 Å². The highest BCUT2D eigenvalue weighted by atomic mass is 32.1. The van der Waals surface area contributed by atoms with E-state index in [0.29, 0.717) is 34.2 Å². The lowest BCUT2D eigenvalue weighted by Crippen LogP contribution is -2.31. The van der Waals surface area contributed by atoms with Crippen LogP contribution in [0.1, 0.15) is 59.2 Å². The molecule has 1 aliphatic rings. The Hall–Kier alpha value is -7.53. The van der Waals surface area contributed by atoms with Crippen LogP contribution in [0, 0.1) is 27.7 Å². The number of aryl methyl sites for hydroxylation is 4. The Morgan fingerprint density at radius 3 is 1.60 bits per heavy atom. The molecule has 6 aromatic carbocycles. The van der Waals surface area contributed by atoms with Gasteiger partial charge in [-0.2, -0.15) is 0 Å². The van der Waals surface area contributed by atoms with Gasteiger partial charge in [0, 0.05) is 22.3 Å². The van der Waals surface area contributed by atoms with Crippen LogP contribution < -0.4 is 10.6 Å². The van der Waals surface area contributed by atoms with Crippen LogP contribution in [0.3, 0.4) is 0 Å². The number of aromatic amines is 1. The van der Waals surface area contributed by atoms with Crippen LogP contribution in [-0.4, -0.2) is 32.6 Å². The number of fused-ring (bicyclic) bond motifs is 2. The number of para-hydroxylation sites is 2. The number of thiazole rings is 2. The van der Waals surface area contributed by atoms with E-state index < -0.39 is 0 Å². The molecule has 0 spiro atoms. The van der Waals surface area contributed by atoms with Gasteiger partial charge in [-0.25, -0.2) is 15.0 Å². The highest BCUT2D eigenvalue weighted by Crippen LogP contribution is 2.48. The first-order valence-corrected chi connectivity index (χ1v) is 22.2. The molecule has 63 heavy (non-hydrogen) atoms. The van der Waals surface area contributed by atoms with Gasteiger partial charge in [-0.3, -0.25) is 9.59 Å². The first kappa shape index (κ1) is 39.6. The summed E-state index contributed by atoms with van der Waals surface area (Å²) in [6.45, 7) is 8.03. The fourth-order valence-corrected chi connectivity index (χ4v) is 10.2. The number of carbonyl (C=O) groups excluding carboxylic acids is 2. The van der Waals surface area contributed by atoms with Crippen molar-refractivity contribution in [1.82, 2.24) is 20.3 Å². The van der Waals surface area contributed by atoms with Gasteiger partial charge in [-0.1, -0.05) is 109 Å². The molecular formula is C53H40N6O2S2. The Kier molecular flexibility index (Phi) is 10.3. The summed E-state index contributed by atoms with van der Waals surface area (Å²) in [7, 11) is 0. The number of benzene rings is 6. The van der Waals surface area contributed by atoms with Crippen LogP contribution >= 0.6 is 22.7 Å². The van der Waals surface area contributed by atoms with Crippen LogP contribution in [0.15, 0.2) is 156 Å². The molecule has 10 rings (SSSR count). The number of hydrogen-bond donors (Lipinski definition) is 3. The zero-order valence-corrected chi connectivity index (χ0v) is 36.5. The third-order valence-electron chi connectivity index (χ3n) is 11.4. The molecule has 8 nitrogen and oxygen atoms in total. The molecule has 0 bridgehead atoms. The number of amidine groups is 1. The number of allylic oxidation sites excluding steroid dienone is 1. The smallest absolute Gasteiger partial charge is 0.257 e. The number of H-pyrrole nitrogens is 1. The summed E-state index contributed by atoms with van der Waals surface area (Å²) in [4.78, 5) is 47.8. The van der Waals surface area contributed by atoms with Crippen molar-refractivity contribution in [3.63, 3.8) is 0 Å². The number of nitrogens with zero attached hydrogens (tertiary/aromatic N) is 3. The first-order chi connectivity index (χ1) is 30.7. The Morgan fingerprint density at radius 1 is 0.524 bits per heavy atom. The minimum absolute atomic E-state index is 0.244. The number of aliphatic imine (C=N–C) groups is 1. The lowest BCUT2D eigenvalue weighted by molar-refractivity contribution is 0.0975. The van der Waals surface area contributed by atoms with Gasteiger partial charge in [-0.05, 0) is 104 Å². The average Bonchev–Trinajstić information content (AvgIpc) is 4.07. The molecule has 3 N–H and O–H groups in total. The molecule has 0 saturated carbocycles. The second-order valence-corrected chi connectivity index (χ2v) is 17.6. The Labute approximate surface area is 372 Å². The van der Waals surface area contributed by atoms with E-state index in [4.69, 9.17) is 15.0 Å². The molecule has 3 aromatic heterocycles. The van der Waals surface area contributed by atoms with Crippen LogP contribution in [0.4, 0.5) is 5.82 Å². The number of nitrogens with one attached hydrogen (secondary N) is 3. The SMILES string of the molecule is Cc1ccccc1C(=O)NC1=NC(=Cc2[nH]c(NC(=O)c3ccccc3C)c(-c3nc4ccccc4s3)c2-c2ccccc2C)C(c2ccccc2C)=C1c1nc2ccccc2s1. The molecule has 0 fully saturated rings. The van der Waals surface area contributed by atoms with Crippen LogP contribution in [0.2, 0.25) is 0 Å². The van der Waals surface area contributed by atoms with Gasteiger partial charge in [0.05, 0.1) is 43.0 Å². The van der Waals surface area contributed by atoms with Crippen molar-refractivity contribution in [2.24, 2.45) is 4.99 Å². The standard InChI is InChI=1S/C53H40N6O2S2/c1-30-17-5-9-21-34(30)44-40(54-48(58-50(60)36-23-11-7-19-32(36)3)46(44)52-56-38-25-13-15-27-42(38)62-52)29-41-45(35-22-10-6-18-31(35)2)47(53-57-39-26-14-16-28-43(39)63-53)49(55-41)59-51(61)37-24-12-8-20-33(37)4/h5-29,54H,1-4H3,(H,58,60)(H,55,59,61). The second kappa shape index (κ2) is 16.4. The predicted molar refractivity (Wildman–Crippen MR) is 260 cm³/mol. The summed E-state index contributed by atoms with van der Waals surface area (Å²) in [5.41, 5.74) is 13.0. The molecule has 1 aliphatic heterocycles. The lowest BCUT2D eigenvalue weighted by Gasteiger charge is -2.13.